The van der Waals surface area contributed by atoms with Gasteiger partial charge in [0.05, 0.1) is 6.61 Å². The molecule has 1 saturated heterocycles. The van der Waals surface area contributed by atoms with Crippen molar-refractivity contribution in [2.45, 2.75) is 32.1 Å². The molecule has 3 N–H and O–H groups in total. The third-order valence-corrected chi connectivity index (χ3v) is 3.26. The Labute approximate surface area is 147 Å². The van der Waals surface area contributed by atoms with Gasteiger partial charge in [-0.3, -0.25) is 0 Å². The molecule has 25 heavy (non-hydrogen) atoms. The smallest absolute Gasteiger partial charge is 0.328 e. The summed E-state index contributed by atoms with van der Waals surface area (Å²) in [5.41, 5.74) is 1.31. The van der Waals surface area contributed by atoms with Crippen LogP contribution in [0.2, 0.25) is 0 Å². The zero-order chi connectivity index (χ0) is 18.3. The molecular formula is C18H25NO6. The maximum atomic E-state index is 9.55. The Hall–Kier alpha value is -2.22. The molecule has 0 amide bonds. The topological polar surface area (TPSA) is 105 Å². The van der Waals surface area contributed by atoms with Crippen molar-refractivity contribution in [3.05, 3.63) is 48.0 Å². The lowest BCUT2D eigenvalue weighted by Gasteiger charge is -2.22. The first-order chi connectivity index (χ1) is 12.1. The number of nitrogens with one attached hydrogen (secondary N) is 1. The minimum atomic E-state index is -1.26. The second-order valence-corrected chi connectivity index (χ2v) is 5.34. The molecular weight excluding hydrogens is 326 g/mol. The van der Waals surface area contributed by atoms with E-state index in [0.29, 0.717) is 12.2 Å². The molecule has 1 atom stereocenters. The van der Waals surface area contributed by atoms with Crippen molar-refractivity contribution < 1.29 is 29.3 Å². The molecule has 1 heterocycles. The van der Waals surface area contributed by atoms with Crippen LogP contribution in [0.5, 0.6) is 0 Å². The van der Waals surface area contributed by atoms with Crippen LogP contribution in [-0.2, 0) is 25.6 Å². The number of carboxylic acids is 2. The van der Waals surface area contributed by atoms with E-state index in [-0.39, 0.29) is 6.29 Å². The second-order valence-electron chi connectivity index (χ2n) is 5.34. The molecule has 7 heteroatoms. The van der Waals surface area contributed by atoms with Gasteiger partial charge in [0.1, 0.15) is 0 Å². The van der Waals surface area contributed by atoms with Gasteiger partial charge in [-0.15, -0.1) is 0 Å². The van der Waals surface area contributed by atoms with Gasteiger partial charge in [-0.2, -0.15) is 0 Å². The molecule has 1 aromatic rings. The number of benzene rings is 1. The lowest BCUT2D eigenvalue weighted by atomic mass is 10.2. The number of hydrogen-bond acceptors (Lipinski definition) is 5. The Kier molecular flexibility index (Phi) is 10.9. The predicted molar refractivity (Wildman–Crippen MR) is 92.1 cm³/mol. The summed E-state index contributed by atoms with van der Waals surface area (Å²) in [6, 6.07) is 10.4. The van der Waals surface area contributed by atoms with Gasteiger partial charge >= 0.3 is 11.9 Å². The highest BCUT2D eigenvalue weighted by Gasteiger charge is 2.13. The molecule has 0 spiro atoms. The van der Waals surface area contributed by atoms with E-state index in [1.807, 2.05) is 6.07 Å². The molecule has 0 aromatic heterocycles. The van der Waals surface area contributed by atoms with Crippen molar-refractivity contribution in [3.8, 4) is 0 Å². The standard InChI is InChI=1S/C14H21NO2.C4H4O4/c1-2-6-13(7-3-1)12-15-9-11-17-14-8-4-5-10-16-14;5-3(6)1-2-4(7)8/h1-3,6-7,14-15H,4-5,8-12H2;1-2H,(H,5,6)(H,7,8)/b;2-1-. The van der Waals surface area contributed by atoms with Crippen LogP contribution >= 0.6 is 0 Å². The summed E-state index contributed by atoms with van der Waals surface area (Å²) in [7, 11) is 0. The lowest BCUT2D eigenvalue weighted by molar-refractivity contribution is -0.161. The minimum Gasteiger partial charge on any atom is -0.478 e. The van der Waals surface area contributed by atoms with Crippen molar-refractivity contribution >= 4 is 11.9 Å². The van der Waals surface area contributed by atoms with Crippen LogP contribution in [0.15, 0.2) is 42.5 Å². The molecule has 0 bridgehead atoms. The van der Waals surface area contributed by atoms with Gasteiger partial charge in [-0.05, 0) is 24.8 Å². The maximum Gasteiger partial charge on any atom is 0.328 e. The SMILES string of the molecule is O=C(O)/C=C\C(=O)O.c1ccc(CNCCOC2CCCCO2)cc1. The monoisotopic (exact) mass is 351 g/mol. The number of carboxylic acid groups (broad SMARTS) is 2. The number of ether oxygens (including phenoxy) is 2. The van der Waals surface area contributed by atoms with Crippen LogP contribution in [0, 0.1) is 0 Å². The molecule has 2 rings (SSSR count). The summed E-state index contributed by atoms with van der Waals surface area (Å²) in [5, 5.41) is 19.0. The first kappa shape index (κ1) is 20.8. The van der Waals surface area contributed by atoms with Crippen LogP contribution in [0.25, 0.3) is 0 Å². The number of hydrogen-bond donors (Lipinski definition) is 3. The first-order valence-corrected chi connectivity index (χ1v) is 8.19. The van der Waals surface area contributed by atoms with Crippen LogP contribution in [0.3, 0.4) is 0 Å². The quantitative estimate of drug-likeness (QED) is 0.486. The van der Waals surface area contributed by atoms with E-state index in [0.717, 1.165) is 32.7 Å². The van der Waals surface area contributed by atoms with Crippen molar-refractivity contribution in [1.82, 2.24) is 5.32 Å². The average Bonchev–Trinajstić information content (AvgIpc) is 2.62. The van der Waals surface area contributed by atoms with Crippen molar-refractivity contribution in [1.29, 1.82) is 0 Å². The van der Waals surface area contributed by atoms with Gasteiger partial charge in [0.25, 0.3) is 0 Å². The molecule has 1 unspecified atom stereocenters. The van der Waals surface area contributed by atoms with E-state index in [9.17, 15) is 9.59 Å². The van der Waals surface area contributed by atoms with E-state index >= 15 is 0 Å². The molecule has 1 fully saturated rings. The van der Waals surface area contributed by atoms with Gasteiger partial charge in [0.2, 0.25) is 0 Å². The molecule has 1 aliphatic rings. The zero-order valence-corrected chi connectivity index (χ0v) is 14.1. The van der Waals surface area contributed by atoms with Crippen LogP contribution in [0.4, 0.5) is 0 Å². The molecule has 0 radical (unpaired) electrons. The fourth-order valence-corrected chi connectivity index (χ4v) is 2.08. The number of carbonyl (C=O) groups is 2. The Morgan fingerprint density at radius 2 is 1.84 bits per heavy atom. The normalized spacial score (nSPS) is 16.9. The fourth-order valence-electron chi connectivity index (χ4n) is 2.08. The van der Waals surface area contributed by atoms with Crippen molar-refractivity contribution in [3.63, 3.8) is 0 Å². The fraction of sp³-hybridized carbons (Fsp3) is 0.444. The van der Waals surface area contributed by atoms with E-state index in [2.05, 4.69) is 29.6 Å². The number of aliphatic carboxylic acids is 2. The summed E-state index contributed by atoms with van der Waals surface area (Å²) in [5.74, 6) is -2.51. The highest BCUT2D eigenvalue weighted by molar-refractivity contribution is 5.89. The third kappa shape index (κ3) is 11.9. The largest absolute Gasteiger partial charge is 0.478 e. The predicted octanol–water partition coefficient (Wildman–Crippen LogP) is 2.03. The van der Waals surface area contributed by atoms with Gasteiger partial charge in [0, 0.05) is 31.8 Å². The minimum absolute atomic E-state index is 0.0299. The van der Waals surface area contributed by atoms with Crippen molar-refractivity contribution in [2.24, 2.45) is 0 Å². The lowest BCUT2D eigenvalue weighted by Crippen LogP contribution is -2.27. The molecule has 0 aliphatic carbocycles. The summed E-state index contributed by atoms with van der Waals surface area (Å²) < 4.78 is 11.1. The third-order valence-electron chi connectivity index (χ3n) is 3.26. The molecule has 138 valence electrons. The van der Waals surface area contributed by atoms with Crippen LogP contribution in [0.1, 0.15) is 24.8 Å². The van der Waals surface area contributed by atoms with Crippen LogP contribution < -0.4 is 5.32 Å². The summed E-state index contributed by atoms with van der Waals surface area (Å²) in [4.78, 5) is 19.1. The Morgan fingerprint density at radius 3 is 2.40 bits per heavy atom. The maximum absolute atomic E-state index is 9.55. The first-order valence-electron chi connectivity index (χ1n) is 8.19. The highest BCUT2D eigenvalue weighted by atomic mass is 16.7. The summed E-state index contributed by atoms with van der Waals surface area (Å²) >= 11 is 0. The van der Waals surface area contributed by atoms with Gasteiger partial charge in [-0.1, -0.05) is 30.3 Å². The molecule has 0 saturated carbocycles. The number of rotatable bonds is 8. The van der Waals surface area contributed by atoms with Gasteiger partial charge in [0.15, 0.2) is 6.29 Å². The van der Waals surface area contributed by atoms with E-state index < -0.39 is 11.9 Å². The summed E-state index contributed by atoms with van der Waals surface area (Å²) in [6.45, 7) is 3.34. The van der Waals surface area contributed by atoms with E-state index in [4.69, 9.17) is 19.7 Å². The van der Waals surface area contributed by atoms with Gasteiger partial charge in [-0.25, -0.2) is 9.59 Å². The van der Waals surface area contributed by atoms with Crippen LogP contribution in [-0.4, -0.2) is 48.2 Å². The zero-order valence-electron chi connectivity index (χ0n) is 14.1. The van der Waals surface area contributed by atoms with E-state index in [1.54, 1.807) is 0 Å². The van der Waals surface area contributed by atoms with Gasteiger partial charge < -0.3 is 25.0 Å². The molecule has 7 nitrogen and oxygen atoms in total. The molecule has 1 aromatic carbocycles. The second kappa shape index (κ2) is 13.1. The Bertz CT molecular complexity index is 510. The summed E-state index contributed by atoms with van der Waals surface area (Å²) in [6.07, 6.45) is 4.58. The Balaban J connectivity index is 0.000000333. The molecule has 1 aliphatic heterocycles. The van der Waals surface area contributed by atoms with E-state index in [1.165, 1.54) is 18.4 Å². The van der Waals surface area contributed by atoms with Crippen molar-refractivity contribution in [2.75, 3.05) is 19.8 Å². The highest BCUT2D eigenvalue weighted by Crippen LogP contribution is 2.13. The average molecular weight is 351 g/mol. The Morgan fingerprint density at radius 1 is 1.16 bits per heavy atom.